The van der Waals surface area contributed by atoms with E-state index in [0.29, 0.717) is 6.54 Å². The highest BCUT2D eigenvalue weighted by Crippen LogP contribution is 2.20. The Morgan fingerprint density at radius 2 is 1.81 bits per heavy atom. The van der Waals surface area contributed by atoms with E-state index in [2.05, 4.69) is 53.8 Å². The van der Waals surface area contributed by atoms with Crippen molar-refractivity contribution in [1.29, 1.82) is 0 Å². The molecule has 3 heteroatoms. The Morgan fingerprint density at radius 3 is 2.52 bits per heavy atom. The molecule has 0 heterocycles. The van der Waals surface area contributed by atoms with Crippen LogP contribution in [0.15, 0.2) is 54.6 Å². The Hall–Kier alpha value is -1.45. The number of rotatable bonds is 5. The smallest absolute Gasteiger partial charge is 0.0973 e. The van der Waals surface area contributed by atoms with E-state index in [1.807, 2.05) is 20.8 Å². The highest BCUT2D eigenvalue weighted by atomic mass is 32.2. The predicted molar refractivity (Wildman–Crippen MR) is 92.7 cm³/mol. The van der Waals surface area contributed by atoms with Crippen LogP contribution >= 0.6 is 0 Å². The molecule has 2 nitrogen and oxygen atoms in total. The van der Waals surface area contributed by atoms with Gasteiger partial charge in [0.25, 0.3) is 0 Å². The second kappa shape index (κ2) is 6.54. The quantitative estimate of drug-likeness (QED) is 0.831. The first-order valence-corrected chi connectivity index (χ1v) is 8.31. The van der Waals surface area contributed by atoms with Gasteiger partial charge in [0.05, 0.1) is 15.7 Å². The van der Waals surface area contributed by atoms with Gasteiger partial charge in [-0.2, -0.15) is 0 Å². The summed E-state index contributed by atoms with van der Waals surface area (Å²) in [6.45, 7) is 10.6. The molecule has 2 aromatic carbocycles. The molecule has 0 amide bonds. The third-order valence-corrected chi connectivity index (χ3v) is 4.85. The number of nitrogens with one attached hydrogen (secondary N) is 1. The molecule has 2 rings (SSSR count). The van der Waals surface area contributed by atoms with Crippen LogP contribution in [-0.2, 0) is 17.4 Å². The molecule has 2 aromatic rings. The van der Waals surface area contributed by atoms with Crippen LogP contribution in [0.1, 0.15) is 26.3 Å². The van der Waals surface area contributed by atoms with Crippen molar-refractivity contribution in [3.63, 3.8) is 0 Å². The Balaban J connectivity index is 2.04. The largest absolute Gasteiger partial charge is 0.242 e. The second-order valence-electron chi connectivity index (χ2n) is 6.27. The minimum absolute atomic E-state index is 0.250. The van der Waals surface area contributed by atoms with Crippen molar-refractivity contribution >= 4 is 21.8 Å². The van der Waals surface area contributed by atoms with E-state index in [4.69, 9.17) is 0 Å². The molecule has 21 heavy (non-hydrogen) atoms. The lowest BCUT2D eigenvalue weighted by atomic mass is 9.99. The van der Waals surface area contributed by atoms with E-state index >= 15 is 0 Å². The van der Waals surface area contributed by atoms with E-state index in [1.165, 1.54) is 16.3 Å². The van der Waals surface area contributed by atoms with E-state index in [1.54, 1.807) is 0 Å². The molecule has 0 aliphatic carbocycles. The Morgan fingerprint density at radius 1 is 1.14 bits per heavy atom. The van der Waals surface area contributed by atoms with Crippen LogP contribution in [0.2, 0.25) is 0 Å². The monoisotopic (exact) mass is 301 g/mol. The molecule has 0 bridgehead atoms. The fourth-order valence-electron chi connectivity index (χ4n) is 2.16. The molecule has 1 atom stereocenters. The normalized spacial score (nSPS) is 13.3. The molecule has 1 unspecified atom stereocenters. The summed E-state index contributed by atoms with van der Waals surface area (Å²) < 4.78 is 14.8. The van der Waals surface area contributed by atoms with Crippen LogP contribution in [0.5, 0.6) is 0 Å². The van der Waals surface area contributed by atoms with Crippen LogP contribution in [0.4, 0.5) is 0 Å². The topological polar surface area (TPSA) is 29.1 Å². The number of benzene rings is 2. The van der Waals surface area contributed by atoms with Crippen molar-refractivity contribution in [2.75, 3.05) is 6.54 Å². The van der Waals surface area contributed by atoms with Gasteiger partial charge in [-0.1, -0.05) is 54.6 Å². The molecule has 0 saturated heterocycles. The maximum Gasteiger partial charge on any atom is 0.0973 e. The Kier molecular flexibility index (Phi) is 4.96. The summed E-state index contributed by atoms with van der Waals surface area (Å²) in [4.78, 5) is 0. The van der Waals surface area contributed by atoms with Gasteiger partial charge in [-0.3, -0.25) is 0 Å². The summed E-state index contributed by atoms with van der Waals surface area (Å²) in [6.07, 6.45) is 0.801. The van der Waals surface area contributed by atoms with Crippen LogP contribution in [-0.4, -0.2) is 15.5 Å². The maximum absolute atomic E-state index is 12.0. The van der Waals surface area contributed by atoms with Gasteiger partial charge in [0, 0.05) is 6.54 Å². The summed E-state index contributed by atoms with van der Waals surface area (Å²) in [7, 11) is -1.05. The van der Waals surface area contributed by atoms with Gasteiger partial charge in [0.1, 0.15) is 0 Å². The van der Waals surface area contributed by atoms with Crippen LogP contribution in [0.3, 0.4) is 0 Å². The lowest BCUT2D eigenvalue weighted by Gasteiger charge is -2.18. The van der Waals surface area contributed by atoms with Crippen LogP contribution in [0.25, 0.3) is 10.8 Å². The first-order valence-electron chi connectivity index (χ1n) is 7.16. The fourth-order valence-corrected chi connectivity index (χ4v) is 2.93. The third-order valence-electron chi connectivity index (χ3n) is 3.33. The van der Waals surface area contributed by atoms with E-state index in [0.717, 1.165) is 12.0 Å². The van der Waals surface area contributed by atoms with Crippen molar-refractivity contribution in [1.82, 2.24) is 4.72 Å². The van der Waals surface area contributed by atoms with Crippen molar-refractivity contribution < 1.29 is 4.21 Å². The summed E-state index contributed by atoms with van der Waals surface area (Å²) in [5, 5.41) is 2.51. The van der Waals surface area contributed by atoms with E-state index in [-0.39, 0.29) is 4.75 Å². The second-order valence-corrected chi connectivity index (χ2v) is 8.32. The van der Waals surface area contributed by atoms with Gasteiger partial charge in [-0.15, -0.1) is 0 Å². The summed E-state index contributed by atoms with van der Waals surface area (Å²) in [5.74, 6) is 0. The standard InChI is InChI=1S/C18H23NOS/c1-14(13-19-21(20)18(2,3)4)12-16-10-7-9-15-8-5-6-11-17(15)16/h5-11,19H,1,12-13H2,2-4H3. The minimum atomic E-state index is -1.05. The van der Waals surface area contributed by atoms with Crippen molar-refractivity contribution in [2.24, 2.45) is 0 Å². The molecule has 0 fully saturated rings. The van der Waals surface area contributed by atoms with Gasteiger partial charge < -0.3 is 0 Å². The molecule has 0 spiro atoms. The van der Waals surface area contributed by atoms with Crippen molar-refractivity contribution in [3.05, 3.63) is 60.2 Å². The number of hydrogen-bond donors (Lipinski definition) is 1. The van der Waals surface area contributed by atoms with Crippen LogP contribution < -0.4 is 4.72 Å². The van der Waals surface area contributed by atoms with E-state index in [9.17, 15) is 4.21 Å². The minimum Gasteiger partial charge on any atom is -0.242 e. The van der Waals surface area contributed by atoms with Gasteiger partial charge in [0.15, 0.2) is 0 Å². The van der Waals surface area contributed by atoms with Crippen molar-refractivity contribution in [3.8, 4) is 0 Å². The zero-order valence-corrected chi connectivity index (χ0v) is 13.8. The first kappa shape index (κ1) is 15.9. The summed E-state index contributed by atoms with van der Waals surface area (Å²) in [6, 6.07) is 14.7. The lowest BCUT2D eigenvalue weighted by Crippen LogP contribution is -2.34. The highest BCUT2D eigenvalue weighted by molar-refractivity contribution is 7.84. The Bertz CT molecular complexity index is 665. The zero-order chi connectivity index (χ0) is 15.5. The van der Waals surface area contributed by atoms with E-state index < -0.39 is 11.0 Å². The maximum atomic E-state index is 12.0. The molecule has 0 aliphatic rings. The molecular weight excluding hydrogens is 278 g/mol. The molecule has 0 radical (unpaired) electrons. The van der Waals surface area contributed by atoms with Gasteiger partial charge in [-0.05, 0) is 43.5 Å². The fraction of sp³-hybridized carbons (Fsp3) is 0.333. The van der Waals surface area contributed by atoms with Gasteiger partial charge >= 0.3 is 0 Å². The summed E-state index contributed by atoms with van der Waals surface area (Å²) >= 11 is 0. The Labute approximate surface area is 129 Å². The molecule has 0 saturated carbocycles. The number of hydrogen-bond acceptors (Lipinski definition) is 1. The van der Waals surface area contributed by atoms with Gasteiger partial charge in [0.2, 0.25) is 0 Å². The SMILES string of the molecule is C=C(CNS(=O)C(C)(C)C)Cc1cccc2ccccc12. The third kappa shape index (κ3) is 4.26. The molecular formula is C18H23NOS. The first-order chi connectivity index (χ1) is 9.88. The number of fused-ring (bicyclic) bond motifs is 1. The molecule has 112 valence electrons. The molecule has 1 N–H and O–H groups in total. The predicted octanol–water partition coefficient (Wildman–Crippen LogP) is 3.99. The average molecular weight is 301 g/mol. The van der Waals surface area contributed by atoms with Crippen molar-refractivity contribution in [2.45, 2.75) is 31.9 Å². The van der Waals surface area contributed by atoms with Gasteiger partial charge in [-0.25, -0.2) is 8.93 Å². The lowest BCUT2D eigenvalue weighted by molar-refractivity contribution is 0.638. The average Bonchev–Trinajstić information content (AvgIpc) is 2.44. The summed E-state index contributed by atoms with van der Waals surface area (Å²) in [5.41, 5.74) is 2.31. The zero-order valence-electron chi connectivity index (χ0n) is 13.0. The molecule has 0 aliphatic heterocycles. The molecule has 0 aromatic heterocycles. The highest BCUT2D eigenvalue weighted by Gasteiger charge is 2.19. The van der Waals surface area contributed by atoms with Crippen LogP contribution in [0, 0.1) is 0 Å².